The predicted molar refractivity (Wildman–Crippen MR) is 90.3 cm³/mol. The SMILES string of the molecule is CCN(CC)C(=S)NC(=O)O[C@H]1C[C@@H](C)CC[C@@H]1C(C)C. The molecule has 21 heavy (non-hydrogen) atoms. The van der Waals surface area contributed by atoms with Crippen molar-refractivity contribution in [3.8, 4) is 0 Å². The van der Waals surface area contributed by atoms with Crippen LogP contribution < -0.4 is 5.32 Å². The van der Waals surface area contributed by atoms with Crippen LogP contribution in [0.1, 0.15) is 53.9 Å². The number of hydrogen-bond acceptors (Lipinski definition) is 3. The van der Waals surface area contributed by atoms with Gasteiger partial charge in [0.2, 0.25) is 0 Å². The standard InChI is InChI=1S/C16H30N2O2S/c1-6-18(7-2)15(21)17-16(19)20-14-10-12(5)8-9-13(14)11(3)4/h11-14H,6-10H2,1-5H3,(H,17,19,21)/t12-,13+,14-/m0/s1. The van der Waals surface area contributed by atoms with Gasteiger partial charge in [-0.25, -0.2) is 4.79 Å². The summed E-state index contributed by atoms with van der Waals surface area (Å²) in [4.78, 5) is 14.0. The fourth-order valence-electron chi connectivity index (χ4n) is 3.09. The summed E-state index contributed by atoms with van der Waals surface area (Å²) in [6.45, 7) is 12.2. The Kier molecular flexibility index (Phi) is 7.43. The highest BCUT2D eigenvalue weighted by Crippen LogP contribution is 2.35. The van der Waals surface area contributed by atoms with Crippen molar-refractivity contribution in [2.24, 2.45) is 17.8 Å². The number of thiocarbonyl (C=S) groups is 1. The Morgan fingerprint density at radius 2 is 1.95 bits per heavy atom. The Labute approximate surface area is 134 Å². The van der Waals surface area contributed by atoms with Gasteiger partial charge in [-0.05, 0) is 56.7 Å². The van der Waals surface area contributed by atoms with E-state index < -0.39 is 6.09 Å². The van der Waals surface area contributed by atoms with Crippen LogP contribution in [0.5, 0.6) is 0 Å². The van der Waals surface area contributed by atoms with Crippen molar-refractivity contribution in [2.45, 2.75) is 60.0 Å². The fraction of sp³-hybridized carbons (Fsp3) is 0.875. The maximum Gasteiger partial charge on any atom is 0.413 e. The first-order valence-electron chi connectivity index (χ1n) is 8.15. The van der Waals surface area contributed by atoms with Gasteiger partial charge >= 0.3 is 6.09 Å². The second-order valence-electron chi connectivity index (χ2n) is 6.37. The van der Waals surface area contributed by atoms with Gasteiger partial charge in [0.25, 0.3) is 0 Å². The zero-order valence-corrected chi connectivity index (χ0v) is 14.8. The summed E-state index contributed by atoms with van der Waals surface area (Å²) in [6, 6.07) is 0. The quantitative estimate of drug-likeness (QED) is 0.801. The number of rotatable bonds is 4. The minimum atomic E-state index is -0.406. The van der Waals surface area contributed by atoms with Gasteiger partial charge in [0.1, 0.15) is 6.10 Å². The van der Waals surface area contributed by atoms with E-state index in [1.165, 1.54) is 6.42 Å². The highest BCUT2D eigenvalue weighted by Gasteiger charge is 2.33. The van der Waals surface area contributed by atoms with Crippen molar-refractivity contribution < 1.29 is 9.53 Å². The molecular formula is C16H30N2O2S. The minimum absolute atomic E-state index is 0.00764. The molecule has 0 unspecified atom stereocenters. The van der Waals surface area contributed by atoms with E-state index in [0.29, 0.717) is 22.9 Å². The van der Waals surface area contributed by atoms with Gasteiger partial charge in [0.05, 0.1) is 0 Å². The predicted octanol–water partition coefficient (Wildman–Crippen LogP) is 3.80. The molecule has 1 saturated carbocycles. The van der Waals surface area contributed by atoms with Crippen LogP contribution in [0.15, 0.2) is 0 Å². The van der Waals surface area contributed by atoms with Gasteiger partial charge < -0.3 is 9.64 Å². The summed E-state index contributed by atoms with van der Waals surface area (Å²) in [5, 5.41) is 3.15. The molecule has 5 heteroatoms. The van der Waals surface area contributed by atoms with Crippen LogP contribution in [0.3, 0.4) is 0 Å². The minimum Gasteiger partial charge on any atom is -0.446 e. The van der Waals surface area contributed by atoms with Crippen LogP contribution in [0, 0.1) is 17.8 Å². The molecule has 0 aromatic rings. The number of carbonyl (C=O) groups is 1. The monoisotopic (exact) mass is 314 g/mol. The summed E-state index contributed by atoms with van der Waals surface area (Å²) in [5.41, 5.74) is 0. The molecule has 0 radical (unpaired) electrons. The number of ether oxygens (including phenoxy) is 1. The lowest BCUT2D eigenvalue weighted by molar-refractivity contribution is 0.00805. The van der Waals surface area contributed by atoms with Gasteiger partial charge in [-0.1, -0.05) is 27.2 Å². The van der Waals surface area contributed by atoms with Crippen LogP contribution in [0.2, 0.25) is 0 Å². The highest BCUT2D eigenvalue weighted by atomic mass is 32.1. The molecule has 1 aliphatic carbocycles. The first-order valence-corrected chi connectivity index (χ1v) is 8.56. The van der Waals surface area contributed by atoms with Crippen molar-refractivity contribution >= 4 is 23.4 Å². The molecule has 1 fully saturated rings. The Hall–Kier alpha value is -0.840. The lowest BCUT2D eigenvalue weighted by Crippen LogP contribution is -2.45. The van der Waals surface area contributed by atoms with Crippen LogP contribution in [-0.2, 0) is 4.74 Å². The van der Waals surface area contributed by atoms with E-state index in [9.17, 15) is 4.79 Å². The van der Waals surface area contributed by atoms with Gasteiger partial charge in [-0.3, -0.25) is 5.32 Å². The van der Waals surface area contributed by atoms with E-state index in [2.05, 4.69) is 26.1 Å². The molecule has 122 valence electrons. The van der Waals surface area contributed by atoms with E-state index in [1.807, 2.05) is 18.7 Å². The zero-order valence-electron chi connectivity index (χ0n) is 14.0. The largest absolute Gasteiger partial charge is 0.446 e. The van der Waals surface area contributed by atoms with E-state index in [-0.39, 0.29) is 6.10 Å². The lowest BCUT2D eigenvalue weighted by Gasteiger charge is -2.36. The van der Waals surface area contributed by atoms with Crippen molar-refractivity contribution in [2.75, 3.05) is 13.1 Å². The van der Waals surface area contributed by atoms with Crippen molar-refractivity contribution in [3.63, 3.8) is 0 Å². The Morgan fingerprint density at radius 1 is 1.33 bits per heavy atom. The number of nitrogens with one attached hydrogen (secondary N) is 1. The number of nitrogens with zero attached hydrogens (tertiary/aromatic N) is 1. The summed E-state index contributed by atoms with van der Waals surface area (Å²) in [7, 11) is 0. The molecule has 3 atom stereocenters. The van der Waals surface area contributed by atoms with Crippen LogP contribution in [0.4, 0.5) is 4.79 Å². The van der Waals surface area contributed by atoms with Crippen molar-refractivity contribution in [3.05, 3.63) is 0 Å². The molecule has 0 aromatic carbocycles. The average molecular weight is 314 g/mol. The summed E-state index contributed by atoms with van der Waals surface area (Å²) in [6.07, 6.45) is 2.92. The molecule has 0 aromatic heterocycles. The van der Waals surface area contributed by atoms with Crippen LogP contribution in [-0.4, -0.2) is 35.3 Å². The van der Waals surface area contributed by atoms with E-state index in [4.69, 9.17) is 17.0 Å². The van der Waals surface area contributed by atoms with Crippen LogP contribution >= 0.6 is 12.2 Å². The molecule has 0 aliphatic heterocycles. The number of hydrogen-bond donors (Lipinski definition) is 1. The Morgan fingerprint density at radius 3 is 2.48 bits per heavy atom. The molecule has 0 saturated heterocycles. The zero-order chi connectivity index (χ0) is 16.0. The maximum atomic E-state index is 12.1. The summed E-state index contributed by atoms with van der Waals surface area (Å²) >= 11 is 5.24. The van der Waals surface area contributed by atoms with E-state index in [0.717, 1.165) is 25.9 Å². The van der Waals surface area contributed by atoms with Crippen molar-refractivity contribution in [1.29, 1.82) is 0 Å². The Bertz CT molecular complexity index is 356. The number of amides is 1. The van der Waals surface area contributed by atoms with E-state index >= 15 is 0 Å². The third-order valence-corrected chi connectivity index (χ3v) is 4.84. The maximum absolute atomic E-state index is 12.1. The molecule has 1 aliphatic rings. The number of carbonyl (C=O) groups excluding carboxylic acids is 1. The first kappa shape index (κ1) is 18.2. The molecule has 0 heterocycles. The summed E-state index contributed by atoms with van der Waals surface area (Å²) in [5.74, 6) is 1.60. The second-order valence-corrected chi connectivity index (χ2v) is 6.76. The Balaban J connectivity index is 2.56. The highest BCUT2D eigenvalue weighted by molar-refractivity contribution is 7.80. The van der Waals surface area contributed by atoms with Gasteiger partial charge in [0, 0.05) is 13.1 Å². The molecular weight excluding hydrogens is 284 g/mol. The van der Waals surface area contributed by atoms with Crippen molar-refractivity contribution in [1.82, 2.24) is 10.2 Å². The normalized spacial score (nSPS) is 25.5. The third kappa shape index (κ3) is 5.46. The average Bonchev–Trinajstić information content (AvgIpc) is 2.39. The van der Waals surface area contributed by atoms with Gasteiger partial charge in [-0.2, -0.15) is 0 Å². The van der Waals surface area contributed by atoms with Gasteiger partial charge in [0.15, 0.2) is 5.11 Å². The first-order chi connectivity index (χ1) is 9.88. The second kappa shape index (κ2) is 8.57. The van der Waals surface area contributed by atoms with E-state index in [1.54, 1.807) is 0 Å². The third-order valence-electron chi connectivity index (χ3n) is 4.48. The lowest BCUT2D eigenvalue weighted by atomic mass is 9.75. The topological polar surface area (TPSA) is 41.6 Å². The smallest absolute Gasteiger partial charge is 0.413 e. The molecule has 4 nitrogen and oxygen atoms in total. The van der Waals surface area contributed by atoms with Gasteiger partial charge in [-0.15, -0.1) is 0 Å². The molecule has 0 bridgehead atoms. The summed E-state index contributed by atoms with van der Waals surface area (Å²) < 4.78 is 5.68. The number of alkyl carbamates (subject to hydrolysis) is 1. The molecule has 1 rings (SSSR count). The molecule has 1 N–H and O–H groups in total. The molecule has 0 spiro atoms. The molecule has 1 amide bonds. The fourth-order valence-corrected chi connectivity index (χ4v) is 3.44. The van der Waals surface area contributed by atoms with Crippen LogP contribution in [0.25, 0.3) is 0 Å².